The molecule has 0 spiro atoms. The first-order valence-corrected chi connectivity index (χ1v) is 26.2. The molecule has 2 aliphatic rings. The molecule has 2 fully saturated rings. The summed E-state index contributed by atoms with van der Waals surface area (Å²) in [4.78, 5) is 25.8. The summed E-state index contributed by atoms with van der Waals surface area (Å²) >= 11 is 0. The summed E-state index contributed by atoms with van der Waals surface area (Å²) in [7, 11) is 0. The topological polar surface area (TPSA) is 231 Å². The van der Waals surface area contributed by atoms with E-state index in [-0.39, 0.29) is 19.4 Å². The zero-order valence-corrected chi connectivity index (χ0v) is 41.6. The molecule has 0 radical (unpaired) electrons. The molecule has 0 aliphatic carbocycles. The standard InChI is InChI=1S/C53H92O15/c1-3-5-7-9-11-13-15-17-19-20-22-24-26-28-30-32-34-36-45(56)66-41(38-63-44(55)35-33-31-29-27-25-23-21-18-16-14-12-10-8-6-4-2)39-64-52-51(62)49(60)47(58)43(68-52)40-65-53-50(61)48(59)46(57)42(37-54)67-53/h11,13,17,19,22-25,41-43,46-54,57-62H,3-10,12,14-16,18,20-21,26-40H2,1-2H3/b13-11+,19-17+,24-22+,25-23+/t41-,42+,43+,46-,47-,48?,49?,50?,51?,52+,53+/m1/s1. The van der Waals surface area contributed by atoms with E-state index in [4.69, 9.17) is 28.4 Å². The molecule has 0 aromatic carbocycles. The number of carbonyl (C=O) groups is 2. The van der Waals surface area contributed by atoms with E-state index in [2.05, 4.69) is 62.5 Å². The summed E-state index contributed by atoms with van der Waals surface area (Å²) in [5, 5.41) is 72.1. The molecule has 0 bridgehead atoms. The van der Waals surface area contributed by atoms with Crippen molar-refractivity contribution in [1.29, 1.82) is 0 Å². The van der Waals surface area contributed by atoms with Crippen molar-refractivity contribution in [2.45, 2.75) is 248 Å². The van der Waals surface area contributed by atoms with Crippen LogP contribution in [-0.4, -0.2) is 142 Å². The number of allylic oxidation sites excluding steroid dienone is 8. The number of hydrogen-bond donors (Lipinski definition) is 7. The highest BCUT2D eigenvalue weighted by Gasteiger charge is 2.47. The fourth-order valence-corrected chi connectivity index (χ4v) is 7.92. The van der Waals surface area contributed by atoms with Gasteiger partial charge in [0, 0.05) is 12.8 Å². The zero-order valence-electron chi connectivity index (χ0n) is 41.6. The Hall–Kier alpha value is -2.54. The lowest BCUT2D eigenvalue weighted by Crippen LogP contribution is -2.61. The number of aliphatic hydroxyl groups excluding tert-OH is 7. The van der Waals surface area contributed by atoms with Crippen LogP contribution in [0.25, 0.3) is 0 Å². The van der Waals surface area contributed by atoms with Crippen LogP contribution in [0.15, 0.2) is 48.6 Å². The maximum atomic E-state index is 13.0. The number of aliphatic hydroxyl groups is 7. The SMILES string of the molecule is CCCCC/C=C/C/C=C/C/C=C/CCCCCCC(=O)O[C@H](COC(=O)CCCCC/C=C/CCCCCCCCCC)CO[C@H]1O[C@@H](CO[C@H]2O[C@@H](CO)[C@@H](O)C(O)C2O)[C@@H](O)C(O)C1O. The summed E-state index contributed by atoms with van der Waals surface area (Å²) in [6.07, 6.45) is 27.1. The molecule has 0 aromatic heterocycles. The van der Waals surface area contributed by atoms with Gasteiger partial charge in [-0.25, -0.2) is 0 Å². The lowest BCUT2D eigenvalue weighted by atomic mass is 9.98. The van der Waals surface area contributed by atoms with Gasteiger partial charge in [0.1, 0.15) is 55.4 Å². The fraction of sp³-hybridized carbons (Fsp3) is 0.811. The first-order valence-electron chi connectivity index (χ1n) is 26.2. The number of ether oxygens (including phenoxy) is 6. The van der Waals surface area contributed by atoms with Gasteiger partial charge in [0.25, 0.3) is 0 Å². The second kappa shape index (κ2) is 40.1. The third-order valence-electron chi connectivity index (χ3n) is 12.3. The summed E-state index contributed by atoms with van der Waals surface area (Å²) in [6.45, 7) is 2.52. The largest absolute Gasteiger partial charge is 0.462 e. The Bertz CT molecular complexity index is 1370. The zero-order chi connectivity index (χ0) is 49.6. The minimum absolute atomic E-state index is 0.135. The van der Waals surface area contributed by atoms with E-state index in [1.165, 1.54) is 70.6 Å². The first-order chi connectivity index (χ1) is 33.0. The quantitative estimate of drug-likeness (QED) is 0.0179. The monoisotopic (exact) mass is 969 g/mol. The van der Waals surface area contributed by atoms with Crippen LogP contribution in [0.2, 0.25) is 0 Å². The van der Waals surface area contributed by atoms with E-state index in [1.807, 2.05) is 0 Å². The lowest BCUT2D eigenvalue weighted by molar-refractivity contribution is -0.332. The molecule has 394 valence electrons. The highest BCUT2D eigenvalue weighted by molar-refractivity contribution is 5.70. The van der Waals surface area contributed by atoms with Gasteiger partial charge in [-0.3, -0.25) is 9.59 Å². The van der Waals surface area contributed by atoms with E-state index in [0.29, 0.717) is 12.8 Å². The Morgan fingerprint density at radius 1 is 0.471 bits per heavy atom. The Morgan fingerprint density at radius 2 is 0.882 bits per heavy atom. The van der Waals surface area contributed by atoms with Crippen LogP contribution in [0.1, 0.15) is 181 Å². The number of rotatable bonds is 40. The van der Waals surface area contributed by atoms with Crippen molar-refractivity contribution in [2.24, 2.45) is 0 Å². The van der Waals surface area contributed by atoms with Crippen LogP contribution < -0.4 is 0 Å². The van der Waals surface area contributed by atoms with Crippen LogP contribution in [0.5, 0.6) is 0 Å². The van der Waals surface area contributed by atoms with E-state index >= 15 is 0 Å². The number of esters is 2. The minimum atomic E-state index is -1.77. The van der Waals surface area contributed by atoms with Crippen molar-refractivity contribution < 1.29 is 73.8 Å². The molecule has 0 saturated carbocycles. The summed E-state index contributed by atoms with van der Waals surface area (Å²) in [6, 6.07) is 0. The van der Waals surface area contributed by atoms with E-state index in [9.17, 15) is 45.3 Å². The Labute approximate surface area is 408 Å². The number of carbonyl (C=O) groups excluding carboxylic acids is 2. The highest BCUT2D eigenvalue weighted by Crippen LogP contribution is 2.26. The van der Waals surface area contributed by atoms with Crippen LogP contribution in [0, 0.1) is 0 Å². The molecule has 2 saturated heterocycles. The normalized spacial score (nSPS) is 26.1. The molecule has 2 heterocycles. The van der Waals surface area contributed by atoms with Crippen LogP contribution in [0.3, 0.4) is 0 Å². The lowest BCUT2D eigenvalue weighted by Gasteiger charge is -2.42. The maximum Gasteiger partial charge on any atom is 0.306 e. The first kappa shape index (κ1) is 61.6. The van der Waals surface area contributed by atoms with Gasteiger partial charge >= 0.3 is 11.9 Å². The summed E-state index contributed by atoms with van der Waals surface area (Å²) in [5.74, 6) is -0.969. The minimum Gasteiger partial charge on any atom is -0.462 e. The maximum absolute atomic E-state index is 13.0. The van der Waals surface area contributed by atoms with Gasteiger partial charge in [0.15, 0.2) is 18.7 Å². The van der Waals surface area contributed by atoms with Crippen molar-refractivity contribution in [3.63, 3.8) is 0 Å². The number of unbranched alkanes of at least 4 members (excludes halogenated alkanes) is 18. The third-order valence-corrected chi connectivity index (χ3v) is 12.3. The average Bonchev–Trinajstić information content (AvgIpc) is 3.33. The molecule has 15 nitrogen and oxygen atoms in total. The summed E-state index contributed by atoms with van der Waals surface area (Å²) < 4.78 is 33.5. The van der Waals surface area contributed by atoms with Crippen molar-refractivity contribution in [1.82, 2.24) is 0 Å². The molecule has 68 heavy (non-hydrogen) atoms. The van der Waals surface area contributed by atoms with Gasteiger partial charge in [-0.2, -0.15) is 0 Å². The van der Waals surface area contributed by atoms with Gasteiger partial charge in [-0.05, 0) is 77.0 Å². The smallest absolute Gasteiger partial charge is 0.306 e. The average molecular weight is 969 g/mol. The molecule has 4 unspecified atom stereocenters. The Morgan fingerprint density at radius 3 is 1.44 bits per heavy atom. The second-order valence-corrected chi connectivity index (χ2v) is 18.3. The van der Waals surface area contributed by atoms with Gasteiger partial charge in [0.2, 0.25) is 0 Å². The van der Waals surface area contributed by atoms with Gasteiger partial charge in [-0.1, -0.05) is 140 Å². The predicted molar refractivity (Wildman–Crippen MR) is 261 cm³/mol. The summed E-state index contributed by atoms with van der Waals surface area (Å²) in [5.41, 5.74) is 0. The van der Waals surface area contributed by atoms with Crippen molar-refractivity contribution in [3.05, 3.63) is 48.6 Å². The molecule has 11 atom stereocenters. The molecule has 2 aliphatic heterocycles. The fourth-order valence-electron chi connectivity index (χ4n) is 7.92. The van der Waals surface area contributed by atoms with E-state index in [0.717, 1.165) is 70.6 Å². The Balaban J connectivity index is 1.83. The van der Waals surface area contributed by atoms with Gasteiger partial charge in [-0.15, -0.1) is 0 Å². The molecule has 0 amide bonds. The van der Waals surface area contributed by atoms with Crippen LogP contribution >= 0.6 is 0 Å². The van der Waals surface area contributed by atoms with Gasteiger partial charge < -0.3 is 64.2 Å². The predicted octanol–water partition coefficient (Wildman–Crippen LogP) is 7.49. The van der Waals surface area contributed by atoms with Crippen molar-refractivity contribution in [2.75, 3.05) is 26.4 Å². The van der Waals surface area contributed by atoms with Crippen molar-refractivity contribution in [3.8, 4) is 0 Å². The second-order valence-electron chi connectivity index (χ2n) is 18.3. The molecule has 7 N–H and O–H groups in total. The third kappa shape index (κ3) is 27.7. The van der Waals surface area contributed by atoms with Crippen LogP contribution in [-0.2, 0) is 38.0 Å². The van der Waals surface area contributed by atoms with E-state index in [1.54, 1.807) is 0 Å². The Kier molecular flexibility index (Phi) is 36.3. The molecule has 15 heteroatoms. The molecular formula is C53H92O15. The van der Waals surface area contributed by atoms with Gasteiger partial charge in [0.05, 0.1) is 19.8 Å². The van der Waals surface area contributed by atoms with E-state index < -0.39 is 99.3 Å². The van der Waals surface area contributed by atoms with Crippen molar-refractivity contribution >= 4 is 11.9 Å². The molecule has 2 rings (SSSR count). The number of hydrogen-bond acceptors (Lipinski definition) is 15. The highest BCUT2D eigenvalue weighted by atomic mass is 16.7. The molecule has 0 aromatic rings. The molecular weight excluding hydrogens is 877 g/mol. The van der Waals surface area contributed by atoms with Crippen LogP contribution in [0.4, 0.5) is 0 Å².